The Hall–Kier alpha value is -1.49. The van der Waals surface area contributed by atoms with Gasteiger partial charge in [-0.15, -0.1) is 0 Å². The lowest BCUT2D eigenvalue weighted by atomic mass is 10.3. The minimum Gasteiger partial charge on any atom is -0.396 e. The molecule has 0 aliphatic rings. The zero-order valence-corrected chi connectivity index (χ0v) is 7.81. The number of amides is 1. The lowest BCUT2D eigenvalue weighted by Crippen LogP contribution is -2.23. The lowest BCUT2D eigenvalue weighted by Gasteiger charge is -2.02. The first-order chi connectivity index (χ1) is 6.83. The molecule has 5 nitrogen and oxygen atoms in total. The maximum atomic E-state index is 11.1. The Labute approximate surface area is 82.2 Å². The fourth-order valence-corrected chi connectivity index (χ4v) is 0.938. The molecule has 0 aliphatic heterocycles. The molecule has 1 rings (SSSR count). The van der Waals surface area contributed by atoms with Crippen LogP contribution in [0.2, 0.25) is 0 Å². The van der Waals surface area contributed by atoms with Gasteiger partial charge < -0.3 is 10.4 Å². The molecule has 0 aromatic carbocycles. The summed E-state index contributed by atoms with van der Waals surface area (Å²) in [6, 6.07) is 0. The molecule has 2 N–H and O–H groups in total. The Morgan fingerprint density at radius 1 is 1.50 bits per heavy atom. The van der Waals surface area contributed by atoms with Crippen LogP contribution >= 0.6 is 0 Å². The van der Waals surface area contributed by atoms with Crippen molar-refractivity contribution < 1.29 is 9.90 Å². The molecule has 0 saturated heterocycles. The van der Waals surface area contributed by atoms with Crippen LogP contribution in [0.15, 0.2) is 18.6 Å². The minimum atomic E-state index is -0.0790. The number of aliphatic hydroxyl groups excluding tert-OH is 1. The third-order valence-corrected chi connectivity index (χ3v) is 1.65. The van der Waals surface area contributed by atoms with Gasteiger partial charge in [0.1, 0.15) is 0 Å². The van der Waals surface area contributed by atoms with E-state index in [0.29, 0.717) is 19.4 Å². The lowest BCUT2D eigenvalue weighted by molar-refractivity contribution is -0.121. The van der Waals surface area contributed by atoms with E-state index in [4.69, 9.17) is 5.11 Å². The molecule has 0 fully saturated rings. The summed E-state index contributed by atoms with van der Waals surface area (Å²) < 4.78 is 0. The van der Waals surface area contributed by atoms with Crippen molar-refractivity contribution >= 4 is 5.91 Å². The average Bonchev–Trinajstić information content (AvgIpc) is 2.25. The van der Waals surface area contributed by atoms with E-state index in [1.807, 2.05) is 0 Å². The summed E-state index contributed by atoms with van der Waals surface area (Å²) in [4.78, 5) is 19.0. The maximum Gasteiger partial charge on any atom is 0.220 e. The second-order valence-electron chi connectivity index (χ2n) is 2.80. The van der Waals surface area contributed by atoms with Crippen molar-refractivity contribution in [2.75, 3.05) is 6.61 Å². The van der Waals surface area contributed by atoms with E-state index in [1.54, 1.807) is 18.6 Å². The van der Waals surface area contributed by atoms with Crippen LogP contribution < -0.4 is 5.32 Å². The van der Waals surface area contributed by atoms with Crippen molar-refractivity contribution in [1.82, 2.24) is 15.3 Å². The molecule has 0 atom stereocenters. The van der Waals surface area contributed by atoms with E-state index < -0.39 is 0 Å². The smallest absolute Gasteiger partial charge is 0.220 e. The Balaban J connectivity index is 2.24. The highest BCUT2D eigenvalue weighted by Crippen LogP contribution is 1.91. The molecule has 1 aromatic heterocycles. The number of hydrogen-bond donors (Lipinski definition) is 2. The molecule has 0 radical (unpaired) electrons. The van der Waals surface area contributed by atoms with Gasteiger partial charge >= 0.3 is 0 Å². The molecule has 0 saturated carbocycles. The molecule has 0 aliphatic carbocycles. The number of aliphatic hydroxyl groups is 1. The number of rotatable bonds is 5. The van der Waals surface area contributed by atoms with Crippen molar-refractivity contribution in [3.05, 3.63) is 24.3 Å². The topological polar surface area (TPSA) is 75.1 Å². The fourth-order valence-electron chi connectivity index (χ4n) is 0.938. The summed E-state index contributed by atoms with van der Waals surface area (Å²) in [5, 5.41) is 11.2. The second kappa shape index (κ2) is 6.04. The van der Waals surface area contributed by atoms with Crippen molar-refractivity contribution in [2.45, 2.75) is 19.4 Å². The van der Waals surface area contributed by atoms with Gasteiger partial charge in [-0.05, 0) is 6.42 Å². The molecular formula is C9H13N3O2. The SMILES string of the molecule is O=C(CCCO)NCc1cnccn1. The number of carbonyl (C=O) groups excluding carboxylic acids is 1. The number of nitrogens with zero attached hydrogens (tertiary/aromatic N) is 2. The Kier molecular flexibility index (Phi) is 4.57. The molecule has 1 amide bonds. The molecule has 76 valence electrons. The van der Waals surface area contributed by atoms with Crippen LogP contribution in [0.3, 0.4) is 0 Å². The van der Waals surface area contributed by atoms with E-state index in [-0.39, 0.29) is 12.5 Å². The second-order valence-corrected chi connectivity index (χ2v) is 2.80. The van der Waals surface area contributed by atoms with Gasteiger partial charge in [0, 0.05) is 25.4 Å². The summed E-state index contributed by atoms with van der Waals surface area (Å²) in [6.07, 6.45) is 5.60. The van der Waals surface area contributed by atoms with E-state index in [9.17, 15) is 4.79 Å². The third kappa shape index (κ3) is 3.95. The summed E-state index contributed by atoms with van der Waals surface area (Å²) >= 11 is 0. The van der Waals surface area contributed by atoms with Crippen LogP contribution in [0.4, 0.5) is 0 Å². The van der Waals surface area contributed by atoms with Crippen molar-refractivity contribution in [1.29, 1.82) is 0 Å². The fraction of sp³-hybridized carbons (Fsp3) is 0.444. The summed E-state index contributed by atoms with van der Waals surface area (Å²) in [5.74, 6) is -0.0790. The molecule has 1 heterocycles. The Bertz CT molecular complexity index is 277. The normalized spacial score (nSPS) is 9.79. The van der Waals surface area contributed by atoms with Gasteiger partial charge in [0.05, 0.1) is 18.4 Å². The molecule has 1 aromatic rings. The average molecular weight is 195 g/mol. The highest BCUT2D eigenvalue weighted by Gasteiger charge is 2.00. The van der Waals surface area contributed by atoms with Crippen LogP contribution in [0.5, 0.6) is 0 Å². The molecule has 0 unspecified atom stereocenters. The minimum absolute atomic E-state index is 0.0402. The van der Waals surface area contributed by atoms with E-state index in [0.717, 1.165) is 5.69 Å². The highest BCUT2D eigenvalue weighted by atomic mass is 16.3. The number of carbonyl (C=O) groups is 1. The number of aromatic nitrogens is 2. The standard InChI is InChI=1S/C9H13N3O2/c13-5-1-2-9(14)12-7-8-6-10-3-4-11-8/h3-4,6,13H,1-2,5,7H2,(H,12,14). The van der Waals surface area contributed by atoms with Gasteiger partial charge in [0.2, 0.25) is 5.91 Å². The van der Waals surface area contributed by atoms with E-state index >= 15 is 0 Å². The van der Waals surface area contributed by atoms with Crippen molar-refractivity contribution in [3.63, 3.8) is 0 Å². The van der Waals surface area contributed by atoms with Gasteiger partial charge in [0.15, 0.2) is 0 Å². The maximum absolute atomic E-state index is 11.1. The van der Waals surface area contributed by atoms with Crippen LogP contribution in [0.1, 0.15) is 18.5 Å². The van der Waals surface area contributed by atoms with E-state index in [2.05, 4.69) is 15.3 Å². The summed E-state index contributed by atoms with van der Waals surface area (Å²) in [5.41, 5.74) is 0.727. The largest absolute Gasteiger partial charge is 0.396 e. The van der Waals surface area contributed by atoms with Crippen LogP contribution in [0, 0.1) is 0 Å². The summed E-state index contributed by atoms with van der Waals surface area (Å²) in [6.45, 7) is 0.427. The first kappa shape index (κ1) is 10.6. The first-order valence-electron chi connectivity index (χ1n) is 4.45. The van der Waals surface area contributed by atoms with Crippen LogP contribution in [-0.4, -0.2) is 27.6 Å². The molecule has 14 heavy (non-hydrogen) atoms. The van der Waals surface area contributed by atoms with Gasteiger partial charge in [-0.3, -0.25) is 14.8 Å². The van der Waals surface area contributed by atoms with Crippen LogP contribution in [0.25, 0.3) is 0 Å². The third-order valence-electron chi connectivity index (χ3n) is 1.65. The zero-order chi connectivity index (χ0) is 10.2. The van der Waals surface area contributed by atoms with E-state index in [1.165, 1.54) is 0 Å². The monoisotopic (exact) mass is 195 g/mol. The Morgan fingerprint density at radius 2 is 2.36 bits per heavy atom. The molecule has 5 heteroatoms. The highest BCUT2D eigenvalue weighted by molar-refractivity contribution is 5.75. The van der Waals surface area contributed by atoms with Gasteiger partial charge in [0.25, 0.3) is 0 Å². The van der Waals surface area contributed by atoms with Crippen LogP contribution in [-0.2, 0) is 11.3 Å². The van der Waals surface area contributed by atoms with Gasteiger partial charge in [-0.25, -0.2) is 0 Å². The van der Waals surface area contributed by atoms with Crippen molar-refractivity contribution in [2.24, 2.45) is 0 Å². The first-order valence-corrected chi connectivity index (χ1v) is 4.45. The predicted octanol–water partition coefficient (Wildman–Crippen LogP) is -0.135. The van der Waals surface area contributed by atoms with Gasteiger partial charge in [-0.2, -0.15) is 0 Å². The summed E-state index contributed by atoms with van der Waals surface area (Å²) in [7, 11) is 0. The molecule has 0 spiro atoms. The van der Waals surface area contributed by atoms with Gasteiger partial charge in [-0.1, -0.05) is 0 Å². The Morgan fingerprint density at radius 3 is 3.00 bits per heavy atom. The predicted molar refractivity (Wildman–Crippen MR) is 50.2 cm³/mol. The zero-order valence-electron chi connectivity index (χ0n) is 7.81. The number of hydrogen-bond acceptors (Lipinski definition) is 4. The molecular weight excluding hydrogens is 182 g/mol. The number of nitrogens with one attached hydrogen (secondary N) is 1. The quantitative estimate of drug-likeness (QED) is 0.686. The van der Waals surface area contributed by atoms with Crippen molar-refractivity contribution in [3.8, 4) is 0 Å². The molecule has 0 bridgehead atoms.